The van der Waals surface area contributed by atoms with E-state index in [9.17, 15) is 4.79 Å². The predicted octanol–water partition coefficient (Wildman–Crippen LogP) is 5.22. The summed E-state index contributed by atoms with van der Waals surface area (Å²) < 4.78 is 6.18. The maximum Gasteiger partial charge on any atom is 0.321 e. The molecule has 3 rings (SSSR count). The van der Waals surface area contributed by atoms with Gasteiger partial charge in [0.15, 0.2) is 17.5 Å². The van der Waals surface area contributed by atoms with Gasteiger partial charge in [-0.25, -0.2) is 15.0 Å². The monoisotopic (exact) mass is 535 g/mol. The van der Waals surface area contributed by atoms with E-state index in [1.165, 1.54) is 18.9 Å². The SMILES string of the molecule is COC(=O)C(Sc1ccc(-c2nc(C(Cl)(Cl)Cl)nc(C(Cl)(Cl)Cl)n2)cc1)C1CO1. The minimum atomic E-state index is -1.93. The lowest BCUT2D eigenvalue weighted by Crippen LogP contribution is -2.24. The number of carbonyl (C=O) groups is 1. The van der Waals surface area contributed by atoms with Crippen LogP contribution < -0.4 is 0 Å². The minimum Gasteiger partial charge on any atom is -0.468 e. The van der Waals surface area contributed by atoms with Gasteiger partial charge < -0.3 is 9.47 Å². The third-order valence-corrected chi connectivity index (χ3v) is 5.96. The third kappa shape index (κ3) is 6.14. The molecule has 1 aromatic heterocycles. The second-order valence-electron chi connectivity index (χ2n) is 5.76. The topological polar surface area (TPSA) is 77.5 Å². The molecule has 0 amide bonds. The number of epoxide rings is 1. The molecular formula is C16H11Cl6N3O3S. The molecule has 29 heavy (non-hydrogen) atoms. The Balaban J connectivity index is 1.90. The van der Waals surface area contributed by atoms with Gasteiger partial charge in [-0.05, 0) is 12.1 Å². The van der Waals surface area contributed by atoms with E-state index in [1.807, 2.05) is 0 Å². The first-order valence-electron chi connectivity index (χ1n) is 7.86. The van der Waals surface area contributed by atoms with Crippen molar-refractivity contribution in [3.63, 3.8) is 0 Å². The molecule has 1 saturated heterocycles. The summed E-state index contributed by atoms with van der Waals surface area (Å²) in [5.74, 6) is -0.541. The number of alkyl halides is 6. The molecule has 2 aromatic rings. The van der Waals surface area contributed by atoms with E-state index in [-0.39, 0.29) is 29.5 Å². The van der Waals surface area contributed by atoms with Crippen LogP contribution in [0.4, 0.5) is 0 Å². The predicted molar refractivity (Wildman–Crippen MR) is 115 cm³/mol. The Morgan fingerprint density at radius 3 is 2.00 bits per heavy atom. The molecule has 0 aliphatic carbocycles. The zero-order valence-electron chi connectivity index (χ0n) is 14.4. The average molecular weight is 538 g/mol. The lowest BCUT2D eigenvalue weighted by Gasteiger charge is -2.16. The van der Waals surface area contributed by atoms with Crippen molar-refractivity contribution in [1.29, 1.82) is 0 Å². The normalized spacial score (nSPS) is 17.7. The van der Waals surface area contributed by atoms with Gasteiger partial charge in [-0.1, -0.05) is 81.7 Å². The summed E-state index contributed by atoms with van der Waals surface area (Å²) in [6, 6.07) is 7.02. The molecule has 156 valence electrons. The molecule has 0 N–H and O–H groups in total. The Hall–Kier alpha value is -0.250. The highest BCUT2D eigenvalue weighted by molar-refractivity contribution is 8.00. The number of halogens is 6. The van der Waals surface area contributed by atoms with Gasteiger partial charge in [-0.3, -0.25) is 4.79 Å². The first-order valence-corrected chi connectivity index (χ1v) is 11.0. The maximum absolute atomic E-state index is 11.9. The van der Waals surface area contributed by atoms with Crippen LogP contribution in [0.25, 0.3) is 11.4 Å². The van der Waals surface area contributed by atoms with Crippen molar-refractivity contribution in [2.45, 2.75) is 23.8 Å². The Bertz CT molecular complexity index is 868. The van der Waals surface area contributed by atoms with Crippen LogP contribution in [0.5, 0.6) is 0 Å². The average Bonchev–Trinajstić information content (AvgIpc) is 3.49. The lowest BCUT2D eigenvalue weighted by atomic mass is 10.2. The largest absolute Gasteiger partial charge is 0.468 e. The zero-order chi connectivity index (χ0) is 21.4. The number of rotatable bonds is 5. The fourth-order valence-electron chi connectivity index (χ4n) is 2.21. The van der Waals surface area contributed by atoms with Gasteiger partial charge in [0.2, 0.25) is 7.59 Å². The van der Waals surface area contributed by atoms with E-state index in [4.69, 9.17) is 79.1 Å². The van der Waals surface area contributed by atoms with E-state index in [0.717, 1.165) is 4.90 Å². The number of aromatic nitrogens is 3. The standard InChI is InChI=1S/C16H11Cl6N3O3S/c1-27-12(26)10(9-6-28-9)29-8-4-2-7(3-5-8)11-23-13(15(17,18)19)25-14(24-11)16(20,21)22/h2-5,9-10H,6H2,1H3. The van der Waals surface area contributed by atoms with E-state index in [2.05, 4.69) is 15.0 Å². The molecule has 1 aromatic carbocycles. The molecule has 2 atom stereocenters. The maximum atomic E-state index is 11.9. The quantitative estimate of drug-likeness (QED) is 0.224. The highest BCUT2D eigenvalue weighted by Crippen LogP contribution is 2.41. The fraction of sp³-hybridized carbons (Fsp3) is 0.375. The van der Waals surface area contributed by atoms with E-state index in [0.29, 0.717) is 12.2 Å². The molecule has 2 heterocycles. The highest BCUT2D eigenvalue weighted by atomic mass is 35.6. The number of hydrogen-bond acceptors (Lipinski definition) is 7. The Morgan fingerprint density at radius 2 is 1.59 bits per heavy atom. The van der Waals surface area contributed by atoms with Crippen molar-refractivity contribution >= 4 is 87.3 Å². The Labute approximate surface area is 200 Å². The van der Waals surface area contributed by atoms with Gasteiger partial charge in [0, 0.05) is 10.5 Å². The molecule has 1 fully saturated rings. The molecule has 13 heteroatoms. The van der Waals surface area contributed by atoms with E-state index >= 15 is 0 Å². The molecule has 0 bridgehead atoms. The van der Waals surface area contributed by atoms with Gasteiger partial charge in [0.25, 0.3) is 0 Å². The van der Waals surface area contributed by atoms with Gasteiger partial charge >= 0.3 is 5.97 Å². The second kappa shape index (κ2) is 9.09. The number of ether oxygens (including phenoxy) is 2. The van der Waals surface area contributed by atoms with Crippen LogP contribution in [0.3, 0.4) is 0 Å². The van der Waals surface area contributed by atoms with Crippen LogP contribution in [0.15, 0.2) is 29.2 Å². The Kier molecular flexibility index (Phi) is 7.34. The number of hydrogen-bond donors (Lipinski definition) is 0. The number of thioether (sulfide) groups is 1. The van der Waals surface area contributed by atoms with Crippen molar-refractivity contribution in [2.24, 2.45) is 0 Å². The van der Waals surface area contributed by atoms with Gasteiger partial charge in [0.05, 0.1) is 13.7 Å². The van der Waals surface area contributed by atoms with E-state index < -0.39 is 12.8 Å². The summed E-state index contributed by atoms with van der Waals surface area (Å²) in [5.41, 5.74) is 0.569. The highest BCUT2D eigenvalue weighted by Gasteiger charge is 2.39. The number of benzene rings is 1. The molecule has 0 spiro atoms. The van der Waals surface area contributed by atoms with Gasteiger partial charge in [-0.15, -0.1) is 11.8 Å². The summed E-state index contributed by atoms with van der Waals surface area (Å²) in [6.45, 7) is 0.523. The summed E-state index contributed by atoms with van der Waals surface area (Å²) in [6.07, 6.45) is -0.158. The van der Waals surface area contributed by atoms with Crippen LogP contribution in [-0.2, 0) is 21.9 Å². The summed E-state index contributed by atoms with van der Waals surface area (Å²) in [4.78, 5) is 25.0. The number of carbonyl (C=O) groups excluding carboxylic acids is 1. The molecule has 0 saturated carbocycles. The van der Waals surface area contributed by atoms with Crippen LogP contribution in [0.1, 0.15) is 11.6 Å². The second-order valence-corrected chi connectivity index (χ2v) is 11.5. The van der Waals surface area contributed by atoms with Crippen molar-refractivity contribution < 1.29 is 14.3 Å². The molecule has 0 radical (unpaired) electrons. The summed E-state index contributed by atoms with van der Waals surface area (Å²) >= 11 is 36.7. The van der Waals surface area contributed by atoms with Gasteiger partial charge in [0.1, 0.15) is 11.4 Å². The molecule has 6 nitrogen and oxygen atoms in total. The first kappa shape index (κ1) is 23.4. The minimum absolute atomic E-state index is 0.158. The smallest absolute Gasteiger partial charge is 0.321 e. The molecule has 1 aliphatic rings. The third-order valence-electron chi connectivity index (χ3n) is 3.65. The van der Waals surface area contributed by atoms with Crippen molar-refractivity contribution in [1.82, 2.24) is 15.0 Å². The van der Waals surface area contributed by atoms with Crippen molar-refractivity contribution in [2.75, 3.05) is 13.7 Å². The summed E-state index contributed by atoms with van der Waals surface area (Å²) in [5, 5.41) is -0.449. The van der Waals surface area contributed by atoms with Gasteiger partial charge in [-0.2, -0.15) is 0 Å². The Morgan fingerprint density at radius 1 is 1.07 bits per heavy atom. The molecule has 1 aliphatic heterocycles. The fourth-order valence-corrected chi connectivity index (χ4v) is 3.80. The molecular weight excluding hydrogens is 527 g/mol. The van der Waals surface area contributed by atoms with Crippen LogP contribution in [-0.4, -0.2) is 46.0 Å². The van der Waals surface area contributed by atoms with Crippen molar-refractivity contribution in [3.05, 3.63) is 35.9 Å². The lowest BCUT2D eigenvalue weighted by molar-refractivity contribution is -0.140. The van der Waals surface area contributed by atoms with Crippen LogP contribution >= 0.6 is 81.4 Å². The number of esters is 1. The van der Waals surface area contributed by atoms with E-state index in [1.54, 1.807) is 24.3 Å². The number of nitrogens with zero attached hydrogens (tertiary/aromatic N) is 3. The zero-order valence-corrected chi connectivity index (χ0v) is 19.8. The number of methoxy groups -OCH3 is 1. The summed E-state index contributed by atoms with van der Waals surface area (Å²) in [7, 11) is 1.34. The van der Waals surface area contributed by atoms with Crippen LogP contribution in [0.2, 0.25) is 0 Å². The van der Waals surface area contributed by atoms with Crippen LogP contribution in [0, 0.1) is 0 Å². The van der Waals surface area contributed by atoms with Crippen molar-refractivity contribution in [3.8, 4) is 11.4 Å². The first-order chi connectivity index (χ1) is 13.5. The molecule has 2 unspecified atom stereocenters.